The van der Waals surface area contributed by atoms with Gasteiger partial charge in [-0.2, -0.15) is 5.26 Å². The number of morpholine rings is 1. The Balaban J connectivity index is 1.47. The van der Waals surface area contributed by atoms with Crippen LogP contribution in [0, 0.1) is 11.3 Å². The molecule has 2 aromatic carbocycles. The highest BCUT2D eigenvalue weighted by Gasteiger charge is 2.34. The number of carbonyl (C=O) groups is 1. The molecule has 3 heterocycles. The molecule has 5 rings (SSSR count). The summed E-state index contributed by atoms with van der Waals surface area (Å²) in [6, 6.07) is 17.8. The number of benzene rings is 2. The van der Waals surface area contributed by atoms with Crippen molar-refractivity contribution in [2.24, 2.45) is 0 Å². The fourth-order valence-electron chi connectivity index (χ4n) is 4.38. The first-order valence-electron chi connectivity index (χ1n) is 9.86. The number of hydrogen-bond acceptors (Lipinski definition) is 5. The topological polar surface area (TPSA) is 76.3 Å². The highest BCUT2D eigenvalue weighted by atomic mass is 16.5. The van der Waals surface area contributed by atoms with Gasteiger partial charge in [-0.15, -0.1) is 0 Å². The molecule has 6 heteroatoms. The number of nitrogens with one attached hydrogen (secondary N) is 1. The highest BCUT2D eigenvalue weighted by Crippen LogP contribution is 2.28. The number of hydrogen-bond donors (Lipinski definition) is 1. The Morgan fingerprint density at radius 1 is 1.14 bits per heavy atom. The number of piperidine rings is 1. The molecule has 0 amide bonds. The SMILES string of the molecule is N#Cc1cccc(-n2cc(C(=O)O[C@H]3C[C@H]4COC[C@@H](C3)N4)c3ccccc32)c1. The highest BCUT2D eigenvalue weighted by molar-refractivity contribution is 6.05. The lowest BCUT2D eigenvalue weighted by atomic mass is 9.94. The van der Waals surface area contributed by atoms with Crippen LogP contribution >= 0.6 is 0 Å². The van der Waals surface area contributed by atoms with Crippen molar-refractivity contribution in [2.45, 2.75) is 31.0 Å². The summed E-state index contributed by atoms with van der Waals surface area (Å²) in [5.74, 6) is -0.303. The molecule has 3 atom stereocenters. The molecule has 6 nitrogen and oxygen atoms in total. The van der Waals surface area contributed by atoms with Gasteiger partial charge in [0, 0.05) is 42.2 Å². The van der Waals surface area contributed by atoms with Gasteiger partial charge >= 0.3 is 5.97 Å². The van der Waals surface area contributed by atoms with Crippen molar-refractivity contribution in [1.82, 2.24) is 9.88 Å². The second-order valence-corrected chi connectivity index (χ2v) is 7.69. The van der Waals surface area contributed by atoms with E-state index < -0.39 is 0 Å². The minimum Gasteiger partial charge on any atom is -0.459 e. The summed E-state index contributed by atoms with van der Waals surface area (Å²) >= 11 is 0. The summed E-state index contributed by atoms with van der Waals surface area (Å²) in [5, 5.41) is 13.6. The van der Waals surface area contributed by atoms with Crippen molar-refractivity contribution >= 4 is 16.9 Å². The van der Waals surface area contributed by atoms with Crippen LogP contribution in [0.4, 0.5) is 0 Å². The van der Waals surface area contributed by atoms with E-state index in [1.807, 2.05) is 53.2 Å². The van der Waals surface area contributed by atoms with Crippen LogP contribution < -0.4 is 5.32 Å². The Morgan fingerprint density at radius 2 is 1.93 bits per heavy atom. The molecule has 2 aliphatic rings. The van der Waals surface area contributed by atoms with Gasteiger partial charge in [0.2, 0.25) is 0 Å². The van der Waals surface area contributed by atoms with Gasteiger partial charge in [-0.1, -0.05) is 24.3 Å². The molecule has 1 aromatic heterocycles. The Labute approximate surface area is 168 Å². The Kier molecular flexibility index (Phi) is 4.55. The molecule has 2 saturated heterocycles. The third kappa shape index (κ3) is 3.39. The summed E-state index contributed by atoms with van der Waals surface area (Å²) in [6.45, 7) is 1.33. The number of rotatable bonds is 3. The van der Waals surface area contributed by atoms with Crippen molar-refractivity contribution in [3.05, 3.63) is 65.9 Å². The number of nitriles is 1. The minimum atomic E-state index is -0.303. The molecule has 0 unspecified atom stereocenters. The number of aromatic nitrogens is 1. The minimum absolute atomic E-state index is 0.105. The van der Waals surface area contributed by atoms with Gasteiger partial charge in [-0.3, -0.25) is 0 Å². The van der Waals surface area contributed by atoms with Crippen LogP contribution in [0.2, 0.25) is 0 Å². The van der Waals surface area contributed by atoms with Gasteiger partial charge in [-0.05, 0) is 24.3 Å². The van der Waals surface area contributed by atoms with E-state index in [1.54, 1.807) is 6.07 Å². The second-order valence-electron chi connectivity index (χ2n) is 7.69. The summed E-state index contributed by atoms with van der Waals surface area (Å²) in [4.78, 5) is 13.1. The van der Waals surface area contributed by atoms with Crippen LogP contribution in [0.15, 0.2) is 54.7 Å². The first kappa shape index (κ1) is 17.9. The maximum absolute atomic E-state index is 13.1. The third-order valence-electron chi connectivity index (χ3n) is 5.66. The monoisotopic (exact) mass is 387 g/mol. The second kappa shape index (κ2) is 7.36. The standard InChI is InChI=1S/C23H21N3O3/c24-11-15-4-3-5-18(8-15)26-12-21(20-6-1-2-7-22(20)26)23(27)29-19-9-16-13-28-14-17(10-19)25-16/h1-8,12,16-17,19,25H,9-10,13-14H2/t16-,17+,19-. The molecule has 3 aromatic rings. The van der Waals surface area contributed by atoms with Crippen molar-refractivity contribution in [3.63, 3.8) is 0 Å². The normalized spacial score (nSPS) is 23.5. The van der Waals surface area contributed by atoms with Gasteiger partial charge in [0.15, 0.2) is 0 Å². The number of nitrogens with zero attached hydrogens (tertiary/aromatic N) is 2. The van der Waals surface area contributed by atoms with Gasteiger partial charge in [0.05, 0.1) is 35.9 Å². The summed E-state index contributed by atoms with van der Waals surface area (Å²) in [5.41, 5.74) is 2.87. The van der Waals surface area contributed by atoms with Gasteiger partial charge in [0.1, 0.15) is 6.10 Å². The van der Waals surface area contributed by atoms with Crippen LogP contribution in [0.5, 0.6) is 0 Å². The van der Waals surface area contributed by atoms with E-state index in [2.05, 4.69) is 11.4 Å². The van der Waals surface area contributed by atoms with Crippen molar-refractivity contribution in [1.29, 1.82) is 5.26 Å². The Hall–Kier alpha value is -3.14. The molecule has 0 radical (unpaired) electrons. The Bertz CT molecular complexity index is 1100. The maximum Gasteiger partial charge on any atom is 0.340 e. The van der Waals surface area contributed by atoms with Crippen LogP contribution in [0.3, 0.4) is 0 Å². The van der Waals surface area contributed by atoms with Crippen molar-refractivity contribution in [2.75, 3.05) is 13.2 Å². The van der Waals surface area contributed by atoms with E-state index in [1.165, 1.54) is 0 Å². The first-order valence-corrected chi connectivity index (χ1v) is 9.86. The van der Waals surface area contributed by atoms with Crippen LogP contribution in [-0.4, -0.2) is 41.9 Å². The number of carbonyl (C=O) groups excluding carboxylic acids is 1. The van der Waals surface area contributed by atoms with E-state index >= 15 is 0 Å². The van der Waals surface area contributed by atoms with Crippen molar-refractivity contribution < 1.29 is 14.3 Å². The zero-order chi connectivity index (χ0) is 19.8. The van der Waals surface area contributed by atoms with Crippen LogP contribution in [0.1, 0.15) is 28.8 Å². The van der Waals surface area contributed by atoms with E-state index in [9.17, 15) is 10.1 Å². The fraction of sp³-hybridized carbons (Fsp3) is 0.304. The lowest BCUT2D eigenvalue weighted by Gasteiger charge is -2.39. The zero-order valence-corrected chi connectivity index (χ0v) is 15.9. The lowest BCUT2D eigenvalue weighted by Crippen LogP contribution is -2.56. The average Bonchev–Trinajstić information content (AvgIpc) is 3.13. The molecule has 2 fully saturated rings. The smallest absolute Gasteiger partial charge is 0.340 e. The number of ether oxygens (including phenoxy) is 2. The van der Waals surface area contributed by atoms with Gasteiger partial charge in [0.25, 0.3) is 0 Å². The maximum atomic E-state index is 13.1. The molecular weight excluding hydrogens is 366 g/mol. The number of para-hydroxylation sites is 1. The molecule has 2 aliphatic heterocycles. The molecule has 1 N–H and O–H groups in total. The van der Waals surface area contributed by atoms with Gasteiger partial charge in [-0.25, -0.2) is 4.79 Å². The predicted octanol–water partition coefficient (Wildman–Crippen LogP) is 3.18. The fourth-order valence-corrected chi connectivity index (χ4v) is 4.38. The number of fused-ring (bicyclic) bond motifs is 3. The molecule has 0 spiro atoms. The third-order valence-corrected chi connectivity index (χ3v) is 5.66. The molecule has 146 valence electrons. The first-order chi connectivity index (χ1) is 14.2. The molecular formula is C23H21N3O3. The van der Waals surface area contributed by atoms with E-state index in [0.717, 1.165) is 29.4 Å². The van der Waals surface area contributed by atoms with Crippen LogP contribution in [0.25, 0.3) is 16.6 Å². The number of esters is 1. The predicted molar refractivity (Wildman–Crippen MR) is 108 cm³/mol. The molecule has 0 saturated carbocycles. The Morgan fingerprint density at radius 3 is 2.72 bits per heavy atom. The average molecular weight is 387 g/mol. The van der Waals surface area contributed by atoms with Crippen LogP contribution in [-0.2, 0) is 9.47 Å². The summed E-state index contributed by atoms with van der Waals surface area (Å²) in [7, 11) is 0. The largest absolute Gasteiger partial charge is 0.459 e. The summed E-state index contributed by atoms with van der Waals surface area (Å²) < 4.78 is 13.4. The van der Waals surface area contributed by atoms with E-state index in [4.69, 9.17) is 9.47 Å². The molecule has 29 heavy (non-hydrogen) atoms. The lowest BCUT2D eigenvalue weighted by molar-refractivity contribution is -0.0339. The quantitative estimate of drug-likeness (QED) is 0.699. The van der Waals surface area contributed by atoms with Crippen molar-refractivity contribution in [3.8, 4) is 11.8 Å². The molecule has 0 aliphatic carbocycles. The summed E-state index contributed by atoms with van der Waals surface area (Å²) in [6.07, 6.45) is 3.25. The molecule has 2 bridgehead atoms. The van der Waals surface area contributed by atoms with Gasteiger partial charge < -0.3 is 19.4 Å². The van der Waals surface area contributed by atoms with E-state index in [-0.39, 0.29) is 24.2 Å². The van der Waals surface area contributed by atoms with E-state index in [0.29, 0.717) is 24.3 Å². The zero-order valence-electron chi connectivity index (χ0n) is 15.9.